The zero-order valence-corrected chi connectivity index (χ0v) is 15.0. The molecule has 4 rings (SSSR count). The quantitative estimate of drug-likeness (QED) is 0.561. The highest BCUT2D eigenvalue weighted by Crippen LogP contribution is 2.26. The van der Waals surface area contributed by atoms with E-state index in [1.165, 1.54) is 42.0 Å². The number of carbonyl (C=O) groups excluding carboxylic acids is 1. The lowest BCUT2D eigenvalue weighted by molar-refractivity contribution is 0.0997. The number of anilines is 1. The second kappa shape index (κ2) is 7.08. The molecule has 0 saturated carbocycles. The normalized spacial score (nSPS) is 10.7. The van der Waals surface area contributed by atoms with Crippen molar-refractivity contribution >= 4 is 22.4 Å². The van der Waals surface area contributed by atoms with Crippen molar-refractivity contribution in [3.63, 3.8) is 0 Å². The largest absolute Gasteiger partial charge is 0.438 e. The van der Waals surface area contributed by atoms with Crippen LogP contribution in [0.3, 0.4) is 0 Å². The average Bonchev–Trinajstić information content (AvgIpc) is 3.32. The molecule has 134 valence electrons. The van der Waals surface area contributed by atoms with Crippen molar-refractivity contribution in [1.82, 2.24) is 15.0 Å². The molecule has 6 nitrogen and oxygen atoms in total. The Hall–Kier alpha value is -3.39. The third-order valence-corrected chi connectivity index (χ3v) is 4.52. The molecule has 3 heterocycles. The predicted molar refractivity (Wildman–Crippen MR) is 99.9 cm³/mol. The summed E-state index contributed by atoms with van der Waals surface area (Å²) in [7, 11) is 0. The topological polar surface area (TPSA) is 80.9 Å². The number of hydrogen-bond donors (Lipinski definition) is 1. The molecule has 0 bridgehead atoms. The monoisotopic (exact) mass is 380 g/mol. The van der Waals surface area contributed by atoms with Crippen molar-refractivity contribution in [2.45, 2.75) is 6.92 Å². The molecule has 0 fully saturated rings. The van der Waals surface area contributed by atoms with E-state index in [9.17, 15) is 9.18 Å². The van der Waals surface area contributed by atoms with Crippen LogP contribution in [0.25, 0.3) is 22.6 Å². The smallest absolute Gasteiger partial charge is 0.295 e. The van der Waals surface area contributed by atoms with Crippen LogP contribution >= 0.6 is 11.3 Å². The fourth-order valence-corrected chi connectivity index (χ4v) is 3.21. The van der Waals surface area contributed by atoms with E-state index in [0.29, 0.717) is 22.1 Å². The molecular weight excluding hydrogens is 367 g/mol. The van der Waals surface area contributed by atoms with Crippen LogP contribution in [-0.4, -0.2) is 20.9 Å². The van der Waals surface area contributed by atoms with Crippen LogP contribution < -0.4 is 5.32 Å². The van der Waals surface area contributed by atoms with E-state index in [-0.39, 0.29) is 11.6 Å². The molecule has 1 amide bonds. The highest BCUT2D eigenvalue weighted by molar-refractivity contribution is 7.14. The minimum Gasteiger partial charge on any atom is -0.438 e. The van der Waals surface area contributed by atoms with Crippen LogP contribution in [0.1, 0.15) is 16.2 Å². The second-order valence-corrected chi connectivity index (χ2v) is 6.55. The van der Waals surface area contributed by atoms with Crippen molar-refractivity contribution in [1.29, 1.82) is 0 Å². The molecule has 0 saturated heterocycles. The lowest BCUT2D eigenvalue weighted by Gasteiger charge is -2.02. The minimum atomic E-state index is -0.482. The Kier molecular flexibility index (Phi) is 4.47. The van der Waals surface area contributed by atoms with E-state index >= 15 is 0 Å². The van der Waals surface area contributed by atoms with Gasteiger partial charge in [-0.05, 0) is 43.3 Å². The number of benzene rings is 1. The van der Waals surface area contributed by atoms with Crippen LogP contribution in [-0.2, 0) is 0 Å². The van der Waals surface area contributed by atoms with Gasteiger partial charge < -0.3 is 4.42 Å². The van der Waals surface area contributed by atoms with E-state index in [2.05, 4.69) is 20.3 Å². The lowest BCUT2D eigenvalue weighted by Crippen LogP contribution is -2.12. The second-order valence-electron chi connectivity index (χ2n) is 5.69. The van der Waals surface area contributed by atoms with Crippen molar-refractivity contribution in [3.8, 4) is 22.6 Å². The molecule has 27 heavy (non-hydrogen) atoms. The van der Waals surface area contributed by atoms with Gasteiger partial charge in [-0.2, -0.15) is 0 Å². The fraction of sp³-hybridized carbons (Fsp3) is 0.0526. The summed E-state index contributed by atoms with van der Waals surface area (Å²) in [5.41, 5.74) is 3.22. The number of aryl methyl sites for hydroxylation is 1. The first-order chi connectivity index (χ1) is 13.1. The van der Waals surface area contributed by atoms with Gasteiger partial charge in [-0.15, -0.1) is 11.3 Å². The summed E-state index contributed by atoms with van der Waals surface area (Å²) < 4.78 is 18.3. The van der Waals surface area contributed by atoms with E-state index in [4.69, 9.17) is 4.42 Å². The van der Waals surface area contributed by atoms with Crippen molar-refractivity contribution in [2.75, 3.05) is 5.32 Å². The highest BCUT2D eigenvalue weighted by atomic mass is 32.1. The maximum atomic E-state index is 13.1. The number of thiazole rings is 1. The van der Waals surface area contributed by atoms with E-state index in [1.54, 1.807) is 0 Å². The molecule has 0 aliphatic carbocycles. The molecule has 0 aliphatic heterocycles. The van der Waals surface area contributed by atoms with Crippen molar-refractivity contribution in [2.24, 2.45) is 0 Å². The molecular formula is C19H13FN4O2S. The van der Waals surface area contributed by atoms with E-state index in [1.807, 2.05) is 30.5 Å². The Morgan fingerprint density at radius 3 is 2.70 bits per heavy atom. The molecule has 3 aromatic heterocycles. The van der Waals surface area contributed by atoms with Gasteiger partial charge in [0.25, 0.3) is 5.91 Å². The Labute approximate surface area is 157 Å². The molecule has 0 radical (unpaired) electrons. The molecule has 0 aliphatic rings. The van der Waals surface area contributed by atoms with Gasteiger partial charge in [0.15, 0.2) is 11.5 Å². The number of oxazole rings is 1. The predicted octanol–water partition coefficient (Wildman–Crippen LogP) is 4.56. The van der Waals surface area contributed by atoms with Crippen LogP contribution in [0.5, 0.6) is 0 Å². The standard InChI is InChI=1S/C19H13FN4O2S/c1-11-3-2-4-14(22-11)15-9-27-19(23-15)24-18(25)17-16(21-10-26-17)12-5-7-13(20)8-6-12/h2-10H,1H3,(H,23,24,25). The third kappa shape index (κ3) is 3.61. The van der Waals surface area contributed by atoms with Crippen LogP contribution in [0, 0.1) is 12.7 Å². The van der Waals surface area contributed by atoms with Gasteiger partial charge in [0, 0.05) is 16.6 Å². The maximum Gasteiger partial charge on any atom is 0.295 e. The van der Waals surface area contributed by atoms with Crippen molar-refractivity contribution < 1.29 is 13.6 Å². The van der Waals surface area contributed by atoms with Crippen molar-refractivity contribution in [3.05, 3.63) is 71.5 Å². The number of hydrogen-bond acceptors (Lipinski definition) is 6. The number of nitrogens with one attached hydrogen (secondary N) is 1. The molecule has 1 N–H and O–H groups in total. The van der Waals surface area contributed by atoms with E-state index < -0.39 is 5.91 Å². The van der Waals surface area contributed by atoms with Gasteiger partial charge in [-0.25, -0.2) is 14.4 Å². The van der Waals surface area contributed by atoms with Gasteiger partial charge in [0.1, 0.15) is 17.2 Å². The van der Waals surface area contributed by atoms with Crippen LogP contribution in [0.4, 0.5) is 9.52 Å². The molecule has 0 spiro atoms. The Morgan fingerprint density at radius 1 is 1.11 bits per heavy atom. The van der Waals surface area contributed by atoms with Gasteiger partial charge in [0.2, 0.25) is 5.76 Å². The summed E-state index contributed by atoms with van der Waals surface area (Å²) in [4.78, 5) is 25.4. The third-order valence-electron chi connectivity index (χ3n) is 3.77. The highest BCUT2D eigenvalue weighted by Gasteiger charge is 2.20. The first kappa shape index (κ1) is 17.0. The zero-order valence-electron chi connectivity index (χ0n) is 14.1. The lowest BCUT2D eigenvalue weighted by atomic mass is 10.1. The van der Waals surface area contributed by atoms with Gasteiger partial charge in [0.05, 0.1) is 5.69 Å². The maximum absolute atomic E-state index is 13.1. The summed E-state index contributed by atoms with van der Waals surface area (Å²) in [6.45, 7) is 1.90. The summed E-state index contributed by atoms with van der Waals surface area (Å²) in [6, 6.07) is 11.3. The SMILES string of the molecule is Cc1cccc(-c2csc(NC(=O)c3ocnc3-c3ccc(F)cc3)n2)n1. The van der Waals surface area contributed by atoms with Gasteiger partial charge >= 0.3 is 0 Å². The Bertz CT molecular complexity index is 1100. The number of nitrogens with zero attached hydrogens (tertiary/aromatic N) is 3. The Balaban J connectivity index is 1.56. The summed E-state index contributed by atoms with van der Waals surface area (Å²) in [5, 5.41) is 4.94. The molecule has 1 aromatic carbocycles. The zero-order chi connectivity index (χ0) is 18.8. The molecule has 4 aromatic rings. The number of aromatic nitrogens is 3. The van der Waals surface area contributed by atoms with Gasteiger partial charge in [-0.3, -0.25) is 15.1 Å². The number of pyridine rings is 1. The number of carbonyl (C=O) groups is 1. The number of halogens is 1. The van der Waals surface area contributed by atoms with Crippen LogP contribution in [0.15, 0.2) is 58.7 Å². The average molecular weight is 380 g/mol. The minimum absolute atomic E-state index is 0.0343. The fourth-order valence-electron chi connectivity index (χ4n) is 2.51. The molecule has 0 unspecified atom stereocenters. The summed E-state index contributed by atoms with van der Waals surface area (Å²) >= 11 is 1.28. The molecule has 8 heteroatoms. The van der Waals surface area contributed by atoms with Gasteiger partial charge in [-0.1, -0.05) is 6.07 Å². The Morgan fingerprint density at radius 2 is 1.93 bits per heavy atom. The summed E-state index contributed by atoms with van der Waals surface area (Å²) in [5.74, 6) is -0.815. The van der Waals surface area contributed by atoms with E-state index in [0.717, 1.165) is 11.4 Å². The number of rotatable bonds is 4. The molecule has 0 atom stereocenters. The number of amides is 1. The van der Waals surface area contributed by atoms with Crippen LogP contribution in [0.2, 0.25) is 0 Å². The first-order valence-electron chi connectivity index (χ1n) is 8.00. The summed E-state index contributed by atoms with van der Waals surface area (Å²) in [6.07, 6.45) is 1.18. The first-order valence-corrected chi connectivity index (χ1v) is 8.88.